The average Bonchev–Trinajstić information content (AvgIpc) is 2.17. The molecule has 2 heteroatoms. The van der Waals surface area contributed by atoms with Gasteiger partial charge < -0.3 is 4.90 Å². The van der Waals surface area contributed by atoms with Crippen molar-refractivity contribution in [3.05, 3.63) is 0 Å². The van der Waals surface area contributed by atoms with Gasteiger partial charge in [-0.1, -0.05) is 20.8 Å². The summed E-state index contributed by atoms with van der Waals surface area (Å²) in [6.07, 6.45) is 4.66. The molecule has 1 aliphatic rings. The quantitative estimate of drug-likeness (QED) is 0.703. The van der Waals surface area contributed by atoms with Crippen molar-refractivity contribution in [2.24, 2.45) is 17.8 Å². The van der Waals surface area contributed by atoms with Crippen LogP contribution in [-0.2, 0) is 4.79 Å². The number of rotatable bonds is 3. The van der Waals surface area contributed by atoms with Gasteiger partial charge in [-0.15, -0.1) is 0 Å². The predicted octanol–water partition coefficient (Wildman–Crippen LogP) is 2.93. The van der Waals surface area contributed by atoms with Crippen molar-refractivity contribution < 1.29 is 4.79 Å². The minimum Gasteiger partial charge on any atom is -0.345 e. The van der Waals surface area contributed by atoms with E-state index in [1.165, 1.54) is 12.8 Å². The van der Waals surface area contributed by atoms with Crippen molar-refractivity contribution in [3.63, 3.8) is 0 Å². The van der Waals surface area contributed by atoms with Gasteiger partial charge in [-0.3, -0.25) is 4.79 Å². The lowest BCUT2D eigenvalue weighted by Crippen LogP contribution is -2.36. The van der Waals surface area contributed by atoms with E-state index in [4.69, 9.17) is 0 Å². The third kappa shape index (κ3) is 3.84. The van der Waals surface area contributed by atoms with Crippen molar-refractivity contribution in [2.75, 3.05) is 13.6 Å². The lowest BCUT2D eigenvalue weighted by Gasteiger charge is -2.29. The topological polar surface area (TPSA) is 20.3 Å². The normalized spacial score (nSPS) is 26.7. The Hall–Kier alpha value is -0.530. The molecular weight excluding hydrogens is 186 g/mol. The lowest BCUT2D eigenvalue weighted by atomic mass is 9.82. The van der Waals surface area contributed by atoms with Gasteiger partial charge in [-0.25, -0.2) is 0 Å². The van der Waals surface area contributed by atoms with Crippen LogP contribution in [0.15, 0.2) is 0 Å². The van der Waals surface area contributed by atoms with E-state index in [1.807, 2.05) is 11.9 Å². The van der Waals surface area contributed by atoms with Gasteiger partial charge in [-0.2, -0.15) is 0 Å². The Labute approximate surface area is 94.0 Å². The SMILES string of the molecule is CC(C)CN(C)C(=O)C1CCC(C)CC1. The van der Waals surface area contributed by atoms with Crippen LogP contribution >= 0.6 is 0 Å². The maximum atomic E-state index is 12.1. The number of carbonyl (C=O) groups excluding carboxylic acids is 1. The fourth-order valence-electron chi connectivity index (χ4n) is 2.46. The van der Waals surface area contributed by atoms with E-state index in [1.54, 1.807) is 0 Å². The van der Waals surface area contributed by atoms with E-state index in [9.17, 15) is 4.79 Å². The molecule has 88 valence electrons. The summed E-state index contributed by atoms with van der Waals surface area (Å²) in [7, 11) is 1.94. The monoisotopic (exact) mass is 211 g/mol. The number of nitrogens with zero attached hydrogens (tertiary/aromatic N) is 1. The smallest absolute Gasteiger partial charge is 0.225 e. The molecule has 1 amide bonds. The van der Waals surface area contributed by atoms with E-state index in [-0.39, 0.29) is 0 Å². The Morgan fingerprint density at radius 1 is 1.27 bits per heavy atom. The summed E-state index contributed by atoms with van der Waals surface area (Å²) in [6.45, 7) is 7.50. The third-order valence-electron chi connectivity index (χ3n) is 3.38. The molecule has 1 rings (SSSR count). The summed E-state index contributed by atoms with van der Waals surface area (Å²) in [6, 6.07) is 0. The second kappa shape index (κ2) is 5.53. The van der Waals surface area contributed by atoms with E-state index in [0.717, 1.165) is 25.3 Å². The minimum absolute atomic E-state index is 0.310. The van der Waals surface area contributed by atoms with E-state index < -0.39 is 0 Å². The molecule has 0 N–H and O–H groups in total. The average molecular weight is 211 g/mol. The summed E-state index contributed by atoms with van der Waals surface area (Å²) < 4.78 is 0. The van der Waals surface area contributed by atoms with Crippen molar-refractivity contribution in [3.8, 4) is 0 Å². The minimum atomic E-state index is 0.310. The number of hydrogen-bond acceptors (Lipinski definition) is 1. The Balaban J connectivity index is 2.39. The first-order valence-corrected chi connectivity index (χ1v) is 6.25. The Morgan fingerprint density at radius 3 is 2.27 bits per heavy atom. The zero-order chi connectivity index (χ0) is 11.4. The van der Waals surface area contributed by atoms with Gasteiger partial charge in [0.15, 0.2) is 0 Å². The van der Waals surface area contributed by atoms with Gasteiger partial charge in [0.25, 0.3) is 0 Å². The highest BCUT2D eigenvalue weighted by molar-refractivity contribution is 5.78. The molecule has 1 aliphatic carbocycles. The molecule has 0 atom stereocenters. The molecule has 1 fully saturated rings. The summed E-state index contributed by atoms with van der Waals surface area (Å²) in [5.41, 5.74) is 0. The largest absolute Gasteiger partial charge is 0.345 e. The van der Waals surface area contributed by atoms with E-state index in [2.05, 4.69) is 20.8 Å². The molecule has 0 heterocycles. The number of carbonyl (C=O) groups is 1. The molecule has 15 heavy (non-hydrogen) atoms. The molecule has 0 aliphatic heterocycles. The Bertz CT molecular complexity index is 205. The Kier molecular flexibility index (Phi) is 4.62. The second-order valence-corrected chi connectivity index (χ2v) is 5.57. The first-order chi connectivity index (χ1) is 7.00. The molecule has 0 bridgehead atoms. The first-order valence-electron chi connectivity index (χ1n) is 6.25. The zero-order valence-corrected chi connectivity index (χ0v) is 10.6. The molecule has 0 aromatic rings. The lowest BCUT2D eigenvalue weighted by molar-refractivity contribution is -0.135. The van der Waals surface area contributed by atoms with Gasteiger partial charge in [0.2, 0.25) is 5.91 Å². The number of amides is 1. The van der Waals surface area contributed by atoms with Crippen LogP contribution in [0, 0.1) is 17.8 Å². The standard InChI is InChI=1S/C13H25NO/c1-10(2)9-14(4)13(15)12-7-5-11(3)6-8-12/h10-12H,5-9H2,1-4H3. The molecular formula is C13H25NO. The zero-order valence-electron chi connectivity index (χ0n) is 10.6. The van der Waals surface area contributed by atoms with Crippen molar-refractivity contribution in [1.29, 1.82) is 0 Å². The van der Waals surface area contributed by atoms with Gasteiger partial charge in [-0.05, 0) is 37.5 Å². The third-order valence-corrected chi connectivity index (χ3v) is 3.38. The summed E-state index contributed by atoms with van der Waals surface area (Å²) in [5.74, 6) is 2.08. The van der Waals surface area contributed by atoms with Crippen molar-refractivity contribution in [1.82, 2.24) is 4.90 Å². The summed E-state index contributed by atoms with van der Waals surface area (Å²) >= 11 is 0. The molecule has 0 aromatic carbocycles. The van der Waals surface area contributed by atoms with Gasteiger partial charge in [0.05, 0.1) is 0 Å². The highest BCUT2D eigenvalue weighted by Crippen LogP contribution is 2.29. The molecule has 0 radical (unpaired) electrons. The van der Waals surface area contributed by atoms with Crippen LogP contribution in [0.3, 0.4) is 0 Å². The number of hydrogen-bond donors (Lipinski definition) is 0. The van der Waals surface area contributed by atoms with Crippen LogP contribution < -0.4 is 0 Å². The van der Waals surface area contributed by atoms with Gasteiger partial charge >= 0.3 is 0 Å². The van der Waals surface area contributed by atoms with Crippen molar-refractivity contribution in [2.45, 2.75) is 46.5 Å². The molecule has 1 saturated carbocycles. The molecule has 0 saturated heterocycles. The first kappa shape index (κ1) is 12.5. The summed E-state index contributed by atoms with van der Waals surface area (Å²) in [5, 5.41) is 0. The molecule has 0 unspecified atom stereocenters. The molecule has 0 spiro atoms. The van der Waals surface area contributed by atoms with Crippen LogP contribution in [-0.4, -0.2) is 24.4 Å². The predicted molar refractivity (Wildman–Crippen MR) is 63.6 cm³/mol. The fraction of sp³-hybridized carbons (Fsp3) is 0.923. The van der Waals surface area contributed by atoms with Crippen LogP contribution in [0.25, 0.3) is 0 Å². The summed E-state index contributed by atoms with van der Waals surface area (Å²) in [4.78, 5) is 14.0. The van der Waals surface area contributed by atoms with E-state index in [0.29, 0.717) is 17.7 Å². The molecule has 0 aromatic heterocycles. The highest BCUT2D eigenvalue weighted by Gasteiger charge is 2.26. The maximum Gasteiger partial charge on any atom is 0.225 e. The molecule has 2 nitrogen and oxygen atoms in total. The van der Waals surface area contributed by atoms with E-state index >= 15 is 0 Å². The maximum absolute atomic E-state index is 12.1. The van der Waals surface area contributed by atoms with Crippen LogP contribution in [0.4, 0.5) is 0 Å². The van der Waals surface area contributed by atoms with Crippen LogP contribution in [0.2, 0.25) is 0 Å². The highest BCUT2D eigenvalue weighted by atomic mass is 16.2. The van der Waals surface area contributed by atoms with Crippen LogP contribution in [0.1, 0.15) is 46.5 Å². The van der Waals surface area contributed by atoms with Gasteiger partial charge in [0.1, 0.15) is 0 Å². The van der Waals surface area contributed by atoms with Crippen LogP contribution in [0.5, 0.6) is 0 Å². The fourth-order valence-corrected chi connectivity index (χ4v) is 2.46. The van der Waals surface area contributed by atoms with Crippen molar-refractivity contribution >= 4 is 5.91 Å². The second-order valence-electron chi connectivity index (χ2n) is 5.57. The Morgan fingerprint density at radius 2 is 1.80 bits per heavy atom. The van der Waals surface area contributed by atoms with Gasteiger partial charge in [0, 0.05) is 19.5 Å².